The lowest BCUT2D eigenvalue weighted by Crippen LogP contribution is -1.80. The molecule has 0 atom stereocenters. The maximum atomic E-state index is 12.7. The first-order valence-electron chi connectivity index (χ1n) is 2.87. The number of phenolic OH excluding ortho intramolecular Hbond substituents is 1. The molecule has 0 aliphatic rings. The maximum Gasteiger partial charge on any atom is 0.146 e. The summed E-state index contributed by atoms with van der Waals surface area (Å²) in [6.45, 7) is 0. The Kier molecular flexibility index (Phi) is 2.78. The predicted octanol–water partition coefficient (Wildman–Crippen LogP) is 3.02. The minimum atomic E-state index is -0.444. The second-order valence-corrected chi connectivity index (χ2v) is 3.55. The summed E-state index contributed by atoms with van der Waals surface area (Å²) < 4.78 is 12.8. The highest BCUT2D eigenvalue weighted by molar-refractivity contribution is 9.10. The van der Waals surface area contributed by atoms with Crippen LogP contribution in [0.25, 0.3) is 0 Å². The number of rotatable bonds is 1. The van der Waals surface area contributed by atoms with Crippen molar-refractivity contribution in [2.75, 3.05) is 6.26 Å². The lowest BCUT2D eigenvalue weighted by atomic mass is 10.3. The Balaban J connectivity index is 3.25. The molecule has 1 nitrogen and oxygen atoms in total. The van der Waals surface area contributed by atoms with Gasteiger partial charge in [0.1, 0.15) is 11.6 Å². The van der Waals surface area contributed by atoms with Crippen LogP contribution in [-0.2, 0) is 0 Å². The fourth-order valence-electron chi connectivity index (χ4n) is 0.687. The third kappa shape index (κ3) is 1.68. The first-order chi connectivity index (χ1) is 5.16. The van der Waals surface area contributed by atoms with Crippen molar-refractivity contribution >= 4 is 27.7 Å². The van der Waals surface area contributed by atoms with Crippen molar-refractivity contribution in [3.05, 3.63) is 22.4 Å². The molecule has 0 amide bonds. The van der Waals surface area contributed by atoms with Gasteiger partial charge in [0.2, 0.25) is 0 Å². The van der Waals surface area contributed by atoms with Crippen molar-refractivity contribution in [3.8, 4) is 5.75 Å². The van der Waals surface area contributed by atoms with Gasteiger partial charge in [-0.2, -0.15) is 0 Å². The Bertz CT molecular complexity index is 277. The molecule has 0 aliphatic carbocycles. The Labute approximate surface area is 76.7 Å². The van der Waals surface area contributed by atoms with Crippen LogP contribution in [0.5, 0.6) is 5.75 Å². The van der Waals surface area contributed by atoms with Gasteiger partial charge in [0.05, 0.1) is 9.37 Å². The molecule has 0 fully saturated rings. The number of aromatic hydroxyl groups is 1. The summed E-state index contributed by atoms with van der Waals surface area (Å²) in [5.74, 6) is -0.474. The molecule has 0 saturated carbocycles. The highest BCUT2D eigenvalue weighted by atomic mass is 79.9. The summed E-state index contributed by atoms with van der Waals surface area (Å²) in [4.78, 5) is 0.665. The molecule has 0 aliphatic heterocycles. The molecular formula is C7H6BrFOS. The van der Waals surface area contributed by atoms with Gasteiger partial charge in [-0.25, -0.2) is 4.39 Å². The van der Waals surface area contributed by atoms with Crippen LogP contribution in [0, 0.1) is 5.82 Å². The van der Waals surface area contributed by atoms with E-state index in [1.54, 1.807) is 6.07 Å². The predicted molar refractivity (Wildman–Crippen MR) is 47.5 cm³/mol. The zero-order chi connectivity index (χ0) is 8.43. The lowest BCUT2D eigenvalue weighted by molar-refractivity contribution is 0.451. The van der Waals surface area contributed by atoms with Crippen molar-refractivity contribution in [1.29, 1.82) is 0 Å². The fourth-order valence-corrected chi connectivity index (χ4v) is 1.66. The molecule has 1 rings (SSSR count). The Hall–Kier alpha value is -0.220. The van der Waals surface area contributed by atoms with Crippen LogP contribution >= 0.6 is 27.7 Å². The minimum absolute atomic E-state index is 0.0301. The molecule has 1 aromatic rings. The summed E-state index contributed by atoms with van der Waals surface area (Å²) in [6, 6.07) is 2.86. The van der Waals surface area contributed by atoms with E-state index < -0.39 is 5.82 Å². The average molecular weight is 237 g/mol. The van der Waals surface area contributed by atoms with Crippen molar-refractivity contribution < 1.29 is 9.50 Å². The number of hydrogen-bond acceptors (Lipinski definition) is 2. The van der Waals surface area contributed by atoms with Gasteiger partial charge >= 0.3 is 0 Å². The van der Waals surface area contributed by atoms with E-state index in [0.717, 1.165) is 0 Å². The Morgan fingerprint density at radius 1 is 1.55 bits per heavy atom. The quantitative estimate of drug-likeness (QED) is 0.757. The van der Waals surface area contributed by atoms with Crippen molar-refractivity contribution in [3.63, 3.8) is 0 Å². The van der Waals surface area contributed by atoms with E-state index >= 15 is 0 Å². The first kappa shape index (κ1) is 8.87. The lowest BCUT2D eigenvalue weighted by Gasteiger charge is -2.02. The number of phenols is 1. The third-order valence-electron chi connectivity index (χ3n) is 1.25. The molecule has 0 aromatic heterocycles. The van der Waals surface area contributed by atoms with E-state index in [-0.39, 0.29) is 10.2 Å². The van der Waals surface area contributed by atoms with Crippen LogP contribution in [0.15, 0.2) is 21.5 Å². The van der Waals surface area contributed by atoms with Gasteiger partial charge in [-0.3, -0.25) is 0 Å². The van der Waals surface area contributed by atoms with Crippen LogP contribution in [-0.4, -0.2) is 11.4 Å². The minimum Gasteiger partial charge on any atom is -0.505 e. The van der Waals surface area contributed by atoms with Crippen LogP contribution < -0.4 is 0 Å². The van der Waals surface area contributed by atoms with Gasteiger partial charge < -0.3 is 5.11 Å². The van der Waals surface area contributed by atoms with Crippen molar-refractivity contribution in [1.82, 2.24) is 0 Å². The van der Waals surface area contributed by atoms with E-state index in [2.05, 4.69) is 15.9 Å². The summed E-state index contributed by atoms with van der Waals surface area (Å²) >= 11 is 4.30. The number of hydrogen-bond donors (Lipinski definition) is 1. The van der Waals surface area contributed by atoms with Gasteiger partial charge in [0.15, 0.2) is 0 Å². The number of halogens is 2. The fraction of sp³-hybridized carbons (Fsp3) is 0.143. The first-order valence-corrected chi connectivity index (χ1v) is 4.89. The van der Waals surface area contributed by atoms with Gasteiger partial charge in [0.25, 0.3) is 0 Å². The molecule has 0 unspecified atom stereocenters. The molecule has 0 heterocycles. The van der Waals surface area contributed by atoms with E-state index in [9.17, 15) is 9.50 Å². The monoisotopic (exact) mass is 236 g/mol. The molecule has 0 saturated heterocycles. The van der Waals surface area contributed by atoms with Gasteiger partial charge in [-0.15, -0.1) is 11.8 Å². The Morgan fingerprint density at radius 3 is 2.73 bits per heavy atom. The van der Waals surface area contributed by atoms with E-state index in [1.165, 1.54) is 17.8 Å². The number of thioether (sulfide) groups is 1. The number of benzene rings is 1. The van der Waals surface area contributed by atoms with E-state index in [4.69, 9.17) is 0 Å². The molecule has 0 radical (unpaired) electrons. The molecule has 1 aromatic carbocycles. The molecule has 0 bridgehead atoms. The summed E-state index contributed by atoms with van der Waals surface area (Å²) in [7, 11) is 0. The summed E-state index contributed by atoms with van der Waals surface area (Å²) in [5, 5.41) is 9.27. The van der Waals surface area contributed by atoms with Gasteiger partial charge in [-0.1, -0.05) is 0 Å². The topological polar surface area (TPSA) is 20.2 Å². The molecule has 60 valence electrons. The second kappa shape index (κ2) is 3.45. The largest absolute Gasteiger partial charge is 0.505 e. The smallest absolute Gasteiger partial charge is 0.146 e. The Morgan fingerprint density at radius 2 is 2.18 bits per heavy atom. The standard InChI is InChI=1S/C7H6BrFOS/c1-11-5-3-2-4(9)6(8)7(5)10/h2-3,10H,1H3. The molecule has 4 heteroatoms. The van der Waals surface area contributed by atoms with Crippen LogP contribution in [0.2, 0.25) is 0 Å². The third-order valence-corrected chi connectivity index (χ3v) is 2.78. The maximum absolute atomic E-state index is 12.7. The van der Waals surface area contributed by atoms with Crippen molar-refractivity contribution in [2.45, 2.75) is 4.90 Å². The molecule has 11 heavy (non-hydrogen) atoms. The second-order valence-electron chi connectivity index (χ2n) is 1.91. The zero-order valence-corrected chi connectivity index (χ0v) is 8.17. The highest BCUT2D eigenvalue weighted by Crippen LogP contribution is 2.35. The van der Waals surface area contributed by atoms with Gasteiger partial charge in [-0.05, 0) is 34.3 Å². The molecule has 1 N–H and O–H groups in total. The normalized spacial score (nSPS) is 10.1. The molecular weight excluding hydrogens is 231 g/mol. The highest BCUT2D eigenvalue weighted by Gasteiger charge is 2.08. The van der Waals surface area contributed by atoms with Crippen LogP contribution in [0.4, 0.5) is 4.39 Å². The summed E-state index contributed by atoms with van der Waals surface area (Å²) in [6.07, 6.45) is 1.82. The van der Waals surface area contributed by atoms with Crippen LogP contribution in [0.1, 0.15) is 0 Å². The zero-order valence-electron chi connectivity index (χ0n) is 5.77. The summed E-state index contributed by atoms with van der Waals surface area (Å²) in [5.41, 5.74) is 0. The van der Waals surface area contributed by atoms with Crippen molar-refractivity contribution in [2.24, 2.45) is 0 Å². The average Bonchev–Trinajstić information content (AvgIpc) is 2.01. The molecule has 0 spiro atoms. The van der Waals surface area contributed by atoms with Gasteiger partial charge in [0, 0.05) is 0 Å². The van der Waals surface area contributed by atoms with E-state index in [1.807, 2.05) is 6.26 Å². The van der Waals surface area contributed by atoms with Crippen LogP contribution in [0.3, 0.4) is 0 Å². The SMILES string of the molecule is CSc1ccc(F)c(Br)c1O. The van der Waals surface area contributed by atoms with E-state index in [0.29, 0.717) is 4.90 Å².